The van der Waals surface area contributed by atoms with Gasteiger partial charge in [0.2, 0.25) is 0 Å². The molecule has 2 aromatic carbocycles. The molecule has 1 heterocycles. The number of halogens is 1. The minimum Gasteiger partial charge on any atom is -0.336 e. The van der Waals surface area contributed by atoms with Gasteiger partial charge in [-0.25, -0.2) is 9.59 Å². The van der Waals surface area contributed by atoms with Crippen LogP contribution in [0.2, 0.25) is 5.02 Å². The fourth-order valence-electron chi connectivity index (χ4n) is 2.32. The summed E-state index contributed by atoms with van der Waals surface area (Å²) in [5, 5.41) is 6.02. The minimum atomic E-state index is -0.333. The molecule has 0 bridgehead atoms. The molecule has 0 atom stereocenters. The van der Waals surface area contributed by atoms with Gasteiger partial charge in [0, 0.05) is 23.8 Å². The molecule has 3 aromatic rings. The van der Waals surface area contributed by atoms with Crippen molar-refractivity contribution < 1.29 is 4.79 Å². The Hall–Kier alpha value is -2.73. The average molecular weight is 331 g/mol. The number of para-hydroxylation sites is 2. The molecule has 1 aromatic heterocycles. The summed E-state index contributed by atoms with van der Waals surface area (Å²) >= 11 is 5.79. The number of imidazole rings is 1. The van der Waals surface area contributed by atoms with Crippen LogP contribution in [-0.4, -0.2) is 22.1 Å². The summed E-state index contributed by atoms with van der Waals surface area (Å²) in [6, 6.07) is 13.9. The van der Waals surface area contributed by atoms with Gasteiger partial charge in [0.15, 0.2) is 0 Å². The largest absolute Gasteiger partial charge is 0.336 e. The van der Waals surface area contributed by atoms with E-state index >= 15 is 0 Å². The molecule has 0 saturated heterocycles. The lowest BCUT2D eigenvalue weighted by Crippen LogP contribution is -2.33. The molecule has 3 rings (SSSR count). The van der Waals surface area contributed by atoms with Crippen LogP contribution < -0.4 is 16.3 Å². The Kier molecular flexibility index (Phi) is 4.34. The Morgan fingerprint density at radius 1 is 1.13 bits per heavy atom. The van der Waals surface area contributed by atoms with Crippen molar-refractivity contribution in [1.82, 2.24) is 14.9 Å². The van der Waals surface area contributed by atoms with Crippen LogP contribution >= 0.6 is 11.6 Å². The zero-order chi connectivity index (χ0) is 16.2. The molecule has 0 radical (unpaired) electrons. The standard InChI is InChI=1S/C16H15ClN4O2/c17-11-5-7-12(8-6-11)19-15(22)18-9-10-21-14-4-2-1-3-13(14)20-16(21)23/h1-8H,9-10H2,(H,20,23)(H2,18,19,22). The van der Waals surface area contributed by atoms with E-state index in [-0.39, 0.29) is 11.7 Å². The van der Waals surface area contributed by atoms with Crippen LogP contribution in [-0.2, 0) is 6.54 Å². The molecule has 0 fully saturated rings. The lowest BCUT2D eigenvalue weighted by Gasteiger charge is -2.08. The predicted octanol–water partition coefficient (Wildman–Crippen LogP) is 2.80. The minimum absolute atomic E-state index is 0.189. The van der Waals surface area contributed by atoms with Crippen molar-refractivity contribution in [2.24, 2.45) is 0 Å². The van der Waals surface area contributed by atoms with E-state index in [0.717, 1.165) is 11.0 Å². The number of aromatic nitrogens is 2. The maximum atomic E-state index is 11.9. The second-order valence-corrected chi connectivity index (χ2v) is 5.42. The first-order chi connectivity index (χ1) is 11.1. The van der Waals surface area contributed by atoms with E-state index in [0.29, 0.717) is 23.8 Å². The lowest BCUT2D eigenvalue weighted by molar-refractivity contribution is 0.251. The van der Waals surface area contributed by atoms with Crippen LogP contribution in [0, 0.1) is 0 Å². The Balaban J connectivity index is 1.58. The average Bonchev–Trinajstić information content (AvgIpc) is 2.86. The number of amides is 2. The van der Waals surface area contributed by atoms with Gasteiger partial charge in [-0.1, -0.05) is 23.7 Å². The van der Waals surface area contributed by atoms with Gasteiger partial charge in [-0.05, 0) is 36.4 Å². The zero-order valence-electron chi connectivity index (χ0n) is 12.2. The molecule has 6 nitrogen and oxygen atoms in total. The number of carbonyl (C=O) groups excluding carboxylic acids is 1. The van der Waals surface area contributed by atoms with Gasteiger partial charge in [-0.3, -0.25) is 4.57 Å². The molecule has 0 unspecified atom stereocenters. The first-order valence-corrected chi connectivity index (χ1v) is 7.49. The molecule has 0 aliphatic heterocycles. The van der Waals surface area contributed by atoms with E-state index in [4.69, 9.17) is 11.6 Å². The third-order valence-corrected chi connectivity index (χ3v) is 3.66. The van der Waals surface area contributed by atoms with E-state index in [1.54, 1.807) is 28.8 Å². The molecule has 118 valence electrons. The smallest absolute Gasteiger partial charge is 0.326 e. The van der Waals surface area contributed by atoms with Gasteiger partial charge in [-0.2, -0.15) is 0 Å². The number of anilines is 1. The summed E-state index contributed by atoms with van der Waals surface area (Å²) in [4.78, 5) is 26.5. The van der Waals surface area contributed by atoms with E-state index in [9.17, 15) is 9.59 Å². The fourth-order valence-corrected chi connectivity index (χ4v) is 2.44. The van der Waals surface area contributed by atoms with Crippen molar-refractivity contribution in [1.29, 1.82) is 0 Å². The highest BCUT2D eigenvalue weighted by atomic mass is 35.5. The van der Waals surface area contributed by atoms with Crippen molar-refractivity contribution in [2.75, 3.05) is 11.9 Å². The highest BCUT2D eigenvalue weighted by molar-refractivity contribution is 6.30. The molecule has 0 aliphatic carbocycles. The summed E-state index contributed by atoms with van der Waals surface area (Å²) in [6.45, 7) is 0.720. The van der Waals surface area contributed by atoms with Crippen LogP contribution in [0.1, 0.15) is 0 Å². The van der Waals surface area contributed by atoms with Crippen LogP contribution in [0.25, 0.3) is 11.0 Å². The van der Waals surface area contributed by atoms with Gasteiger partial charge in [0.05, 0.1) is 11.0 Å². The summed E-state index contributed by atoms with van der Waals surface area (Å²) in [5.41, 5.74) is 2.06. The summed E-state index contributed by atoms with van der Waals surface area (Å²) in [7, 11) is 0. The third-order valence-electron chi connectivity index (χ3n) is 3.40. The number of hydrogen-bond acceptors (Lipinski definition) is 2. The SMILES string of the molecule is O=C(NCCn1c(=O)[nH]c2ccccc21)Nc1ccc(Cl)cc1. The van der Waals surface area contributed by atoms with Crippen molar-refractivity contribution in [3.8, 4) is 0 Å². The van der Waals surface area contributed by atoms with E-state index in [2.05, 4.69) is 15.6 Å². The number of urea groups is 1. The monoisotopic (exact) mass is 330 g/mol. The number of benzene rings is 2. The molecule has 0 aliphatic rings. The Morgan fingerprint density at radius 3 is 2.65 bits per heavy atom. The Bertz CT molecular complexity index is 883. The summed E-state index contributed by atoms with van der Waals surface area (Å²) in [5.74, 6) is 0. The first-order valence-electron chi connectivity index (χ1n) is 7.11. The van der Waals surface area contributed by atoms with Crippen molar-refractivity contribution in [3.63, 3.8) is 0 Å². The molecular formula is C16H15ClN4O2. The normalized spacial score (nSPS) is 10.7. The highest BCUT2D eigenvalue weighted by Gasteiger charge is 2.06. The van der Waals surface area contributed by atoms with Crippen LogP contribution in [0.3, 0.4) is 0 Å². The van der Waals surface area contributed by atoms with Crippen LogP contribution in [0.15, 0.2) is 53.3 Å². The van der Waals surface area contributed by atoms with Gasteiger partial charge in [0.1, 0.15) is 0 Å². The van der Waals surface area contributed by atoms with Crippen LogP contribution in [0.4, 0.5) is 10.5 Å². The Labute approximate surface area is 137 Å². The van der Waals surface area contributed by atoms with Crippen molar-refractivity contribution in [3.05, 3.63) is 64.0 Å². The van der Waals surface area contributed by atoms with E-state index < -0.39 is 0 Å². The number of rotatable bonds is 4. The molecule has 0 spiro atoms. The van der Waals surface area contributed by atoms with Crippen LogP contribution in [0.5, 0.6) is 0 Å². The molecular weight excluding hydrogens is 316 g/mol. The van der Waals surface area contributed by atoms with Crippen molar-refractivity contribution in [2.45, 2.75) is 6.54 Å². The summed E-state index contributed by atoms with van der Waals surface area (Å²) in [6.07, 6.45) is 0. The maximum absolute atomic E-state index is 11.9. The number of nitrogens with zero attached hydrogens (tertiary/aromatic N) is 1. The molecule has 23 heavy (non-hydrogen) atoms. The van der Waals surface area contributed by atoms with Gasteiger partial charge < -0.3 is 15.6 Å². The Morgan fingerprint density at radius 2 is 1.87 bits per heavy atom. The number of hydrogen-bond donors (Lipinski definition) is 3. The van der Waals surface area contributed by atoms with E-state index in [1.165, 1.54) is 0 Å². The van der Waals surface area contributed by atoms with Crippen molar-refractivity contribution >= 4 is 34.4 Å². The molecule has 3 N–H and O–H groups in total. The van der Waals surface area contributed by atoms with E-state index in [1.807, 2.05) is 24.3 Å². The second-order valence-electron chi connectivity index (χ2n) is 4.99. The number of fused-ring (bicyclic) bond motifs is 1. The lowest BCUT2D eigenvalue weighted by atomic mass is 10.3. The molecule has 2 amide bonds. The number of nitrogens with one attached hydrogen (secondary N) is 3. The predicted molar refractivity (Wildman–Crippen MR) is 91.0 cm³/mol. The van der Waals surface area contributed by atoms with Gasteiger partial charge in [0.25, 0.3) is 0 Å². The second kappa shape index (κ2) is 6.58. The fraction of sp³-hybridized carbons (Fsp3) is 0.125. The number of H-pyrrole nitrogens is 1. The molecule has 7 heteroatoms. The third kappa shape index (κ3) is 3.54. The zero-order valence-corrected chi connectivity index (χ0v) is 12.9. The first kappa shape index (κ1) is 15.2. The van der Waals surface area contributed by atoms with Gasteiger partial charge in [-0.15, -0.1) is 0 Å². The number of aromatic amines is 1. The topological polar surface area (TPSA) is 78.9 Å². The number of carbonyl (C=O) groups is 1. The molecule has 0 saturated carbocycles. The highest BCUT2D eigenvalue weighted by Crippen LogP contribution is 2.13. The van der Waals surface area contributed by atoms with Gasteiger partial charge >= 0.3 is 11.7 Å². The maximum Gasteiger partial charge on any atom is 0.326 e. The summed E-state index contributed by atoms with van der Waals surface area (Å²) < 4.78 is 1.60. The quantitative estimate of drug-likeness (QED) is 0.687.